The lowest BCUT2D eigenvalue weighted by Gasteiger charge is -2.33. The van der Waals surface area contributed by atoms with Gasteiger partial charge in [0.1, 0.15) is 5.69 Å². The van der Waals surface area contributed by atoms with E-state index >= 15 is 0 Å². The van der Waals surface area contributed by atoms with Crippen molar-refractivity contribution in [1.82, 2.24) is 19.8 Å². The number of halogens is 3. The molecule has 2 aliphatic rings. The first-order valence-electron chi connectivity index (χ1n) is 8.72. The number of anilines is 1. The lowest BCUT2D eigenvalue weighted by Crippen LogP contribution is -2.50. The molecule has 1 aromatic heterocycles. The van der Waals surface area contributed by atoms with Crippen molar-refractivity contribution < 1.29 is 22.7 Å². The first-order chi connectivity index (χ1) is 12.4. The van der Waals surface area contributed by atoms with Gasteiger partial charge in [-0.25, -0.2) is 14.8 Å². The fourth-order valence-corrected chi connectivity index (χ4v) is 3.16. The number of likely N-dealkylation sites (tertiary alicyclic amines) is 1. The van der Waals surface area contributed by atoms with E-state index in [2.05, 4.69) is 15.3 Å². The molecule has 0 radical (unpaired) electrons. The summed E-state index contributed by atoms with van der Waals surface area (Å²) >= 11 is 0. The van der Waals surface area contributed by atoms with Crippen LogP contribution < -0.4 is 5.32 Å². The largest absolute Gasteiger partial charge is 0.433 e. The molecule has 2 amide bonds. The zero-order chi connectivity index (χ0) is 18.6. The average Bonchev–Trinajstić information content (AvgIpc) is 2.87. The molecule has 0 spiro atoms. The standard InChI is InChI=1S/C16H22F3N5O2/c17-16(18,19)13-4-5-20-14(22-13)21-12-3-1-2-6-24(11-12)15(25)23-7-9-26-10-8-23/h4-5,12H,1-3,6-11H2,(H,20,21,22). The molecular weight excluding hydrogens is 351 g/mol. The summed E-state index contributed by atoms with van der Waals surface area (Å²) in [4.78, 5) is 23.6. The van der Waals surface area contributed by atoms with Crippen LogP contribution in [0.4, 0.5) is 23.9 Å². The van der Waals surface area contributed by atoms with Crippen LogP contribution in [0, 0.1) is 0 Å². The number of urea groups is 1. The van der Waals surface area contributed by atoms with Crippen molar-refractivity contribution >= 4 is 12.0 Å². The van der Waals surface area contributed by atoms with Crippen molar-refractivity contribution in [2.75, 3.05) is 44.7 Å². The number of morpholine rings is 1. The number of amides is 2. The maximum Gasteiger partial charge on any atom is 0.433 e. The molecule has 2 aliphatic heterocycles. The summed E-state index contributed by atoms with van der Waals surface area (Å²) in [5.41, 5.74) is -0.982. The summed E-state index contributed by atoms with van der Waals surface area (Å²) in [5.74, 6) is -0.0644. The van der Waals surface area contributed by atoms with E-state index in [1.165, 1.54) is 0 Å². The Balaban J connectivity index is 1.65. The summed E-state index contributed by atoms with van der Waals surface area (Å²) in [6, 6.07) is 0.602. The number of carbonyl (C=O) groups excluding carboxylic acids is 1. The van der Waals surface area contributed by atoms with Crippen molar-refractivity contribution in [3.05, 3.63) is 18.0 Å². The van der Waals surface area contributed by atoms with E-state index in [1.807, 2.05) is 0 Å². The fraction of sp³-hybridized carbons (Fsp3) is 0.688. The van der Waals surface area contributed by atoms with Gasteiger partial charge in [0.25, 0.3) is 0 Å². The molecule has 3 heterocycles. The molecule has 7 nitrogen and oxygen atoms in total. The Morgan fingerprint density at radius 1 is 1.19 bits per heavy atom. The molecule has 10 heteroatoms. The van der Waals surface area contributed by atoms with E-state index in [1.54, 1.807) is 9.80 Å². The minimum Gasteiger partial charge on any atom is -0.378 e. The van der Waals surface area contributed by atoms with Crippen molar-refractivity contribution in [2.45, 2.75) is 31.5 Å². The minimum absolute atomic E-state index is 0.0491. The normalized spacial score (nSPS) is 22.0. The second-order valence-corrected chi connectivity index (χ2v) is 6.43. The number of carbonyl (C=O) groups is 1. The van der Waals surface area contributed by atoms with Gasteiger partial charge < -0.3 is 19.9 Å². The van der Waals surface area contributed by atoms with E-state index in [0.717, 1.165) is 31.5 Å². The van der Waals surface area contributed by atoms with Gasteiger partial charge in [-0.05, 0) is 25.3 Å². The van der Waals surface area contributed by atoms with E-state index in [0.29, 0.717) is 39.4 Å². The Kier molecular flexibility index (Phi) is 5.80. The lowest BCUT2D eigenvalue weighted by molar-refractivity contribution is -0.141. The molecule has 26 heavy (non-hydrogen) atoms. The quantitative estimate of drug-likeness (QED) is 0.861. The zero-order valence-electron chi connectivity index (χ0n) is 14.3. The van der Waals surface area contributed by atoms with Crippen LogP contribution in [0.25, 0.3) is 0 Å². The molecule has 1 unspecified atom stereocenters. The number of rotatable bonds is 2. The Morgan fingerprint density at radius 2 is 1.96 bits per heavy atom. The molecule has 2 fully saturated rings. The van der Waals surface area contributed by atoms with Crippen LogP contribution >= 0.6 is 0 Å². The summed E-state index contributed by atoms with van der Waals surface area (Å²) in [6.45, 7) is 3.22. The van der Waals surface area contributed by atoms with Gasteiger partial charge in [0.15, 0.2) is 0 Å². The van der Waals surface area contributed by atoms with Crippen molar-refractivity contribution in [1.29, 1.82) is 0 Å². The highest BCUT2D eigenvalue weighted by atomic mass is 19.4. The predicted octanol–water partition coefficient (Wildman–Crippen LogP) is 2.21. The van der Waals surface area contributed by atoms with E-state index < -0.39 is 11.9 Å². The number of nitrogens with zero attached hydrogens (tertiary/aromatic N) is 4. The molecule has 0 aliphatic carbocycles. The zero-order valence-corrected chi connectivity index (χ0v) is 14.3. The van der Waals surface area contributed by atoms with Gasteiger partial charge >= 0.3 is 12.2 Å². The number of alkyl halides is 3. The first kappa shape index (κ1) is 18.7. The first-order valence-corrected chi connectivity index (χ1v) is 8.72. The van der Waals surface area contributed by atoms with Crippen molar-refractivity contribution in [3.63, 3.8) is 0 Å². The number of aromatic nitrogens is 2. The van der Waals surface area contributed by atoms with Crippen molar-refractivity contribution in [2.24, 2.45) is 0 Å². The lowest BCUT2D eigenvalue weighted by atomic mass is 10.1. The number of hydrogen-bond acceptors (Lipinski definition) is 5. The van der Waals surface area contributed by atoms with Crippen LogP contribution in [-0.4, -0.2) is 71.2 Å². The molecule has 0 aromatic carbocycles. The highest BCUT2D eigenvalue weighted by Gasteiger charge is 2.33. The molecule has 3 rings (SSSR count). The fourth-order valence-electron chi connectivity index (χ4n) is 3.16. The van der Waals surface area contributed by atoms with Gasteiger partial charge in [-0.15, -0.1) is 0 Å². The summed E-state index contributed by atoms with van der Waals surface area (Å²) in [6.07, 6.45) is -0.944. The Morgan fingerprint density at radius 3 is 2.69 bits per heavy atom. The molecule has 2 saturated heterocycles. The Hall–Kier alpha value is -2.10. The summed E-state index contributed by atoms with van der Waals surface area (Å²) < 4.78 is 43.7. The van der Waals surface area contributed by atoms with Crippen LogP contribution in [0.5, 0.6) is 0 Å². The van der Waals surface area contributed by atoms with Crippen LogP contribution in [0.15, 0.2) is 12.3 Å². The third-order valence-electron chi connectivity index (χ3n) is 4.50. The topological polar surface area (TPSA) is 70.6 Å². The highest BCUT2D eigenvalue weighted by Crippen LogP contribution is 2.27. The number of nitrogens with one attached hydrogen (secondary N) is 1. The van der Waals surface area contributed by atoms with E-state index in [9.17, 15) is 18.0 Å². The highest BCUT2D eigenvalue weighted by molar-refractivity contribution is 5.74. The average molecular weight is 373 g/mol. The van der Waals surface area contributed by atoms with E-state index in [-0.39, 0.29) is 18.0 Å². The smallest absolute Gasteiger partial charge is 0.378 e. The maximum absolute atomic E-state index is 12.8. The Bertz CT molecular complexity index is 622. The molecule has 0 saturated carbocycles. The second kappa shape index (κ2) is 8.07. The Labute approximate surface area is 149 Å². The summed E-state index contributed by atoms with van der Waals surface area (Å²) in [7, 11) is 0. The van der Waals surface area contributed by atoms with E-state index in [4.69, 9.17) is 4.74 Å². The third-order valence-corrected chi connectivity index (χ3v) is 4.50. The number of ether oxygens (including phenoxy) is 1. The van der Waals surface area contributed by atoms with Crippen LogP contribution in [-0.2, 0) is 10.9 Å². The molecule has 1 atom stereocenters. The maximum atomic E-state index is 12.8. The monoisotopic (exact) mass is 373 g/mol. The second-order valence-electron chi connectivity index (χ2n) is 6.43. The van der Waals surface area contributed by atoms with Gasteiger partial charge in [0.2, 0.25) is 5.95 Å². The minimum atomic E-state index is -4.51. The van der Waals surface area contributed by atoms with Gasteiger partial charge in [-0.3, -0.25) is 0 Å². The number of hydrogen-bond donors (Lipinski definition) is 1. The van der Waals surface area contributed by atoms with Crippen LogP contribution in [0.3, 0.4) is 0 Å². The molecule has 144 valence electrons. The van der Waals surface area contributed by atoms with Gasteiger partial charge in [-0.2, -0.15) is 13.2 Å². The summed E-state index contributed by atoms with van der Waals surface area (Å²) in [5, 5.41) is 2.96. The van der Waals surface area contributed by atoms with Gasteiger partial charge in [-0.1, -0.05) is 0 Å². The third kappa shape index (κ3) is 4.75. The predicted molar refractivity (Wildman–Crippen MR) is 87.7 cm³/mol. The molecular formula is C16H22F3N5O2. The molecule has 1 N–H and O–H groups in total. The van der Waals surface area contributed by atoms with Crippen LogP contribution in [0.2, 0.25) is 0 Å². The molecule has 0 bridgehead atoms. The van der Waals surface area contributed by atoms with Gasteiger partial charge in [0.05, 0.1) is 13.2 Å². The molecule has 1 aromatic rings. The van der Waals surface area contributed by atoms with Gasteiger partial charge in [0, 0.05) is 38.4 Å². The van der Waals surface area contributed by atoms with Crippen LogP contribution in [0.1, 0.15) is 25.0 Å². The van der Waals surface area contributed by atoms with Crippen molar-refractivity contribution in [3.8, 4) is 0 Å². The SMILES string of the molecule is O=C(N1CCOCC1)N1CCCCC(Nc2nccc(C(F)(F)F)n2)C1.